The van der Waals surface area contributed by atoms with Crippen LogP contribution in [0.25, 0.3) is 0 Å². The molecule has 7 heteroatoms. The summed E-state index contributed by atoms with van der Waals surface area (Å²) in [4.78, 5) is 25.6. The molecular formula is C15H17FN2O4. The van der Waals surface area contributed by atoms with Gasteiger partial charge in [0.25, 0.3) is 5.91 Å². The van der Waals surface area contributed by atoms with Crippen LogP contribution in [-0.4, -0.2) is 47.2 Å². The van der Waals surface area contributed by atoms with Gasteiger partial charge in [-0.2, -0.15) is 0 Å². The lowest BCUT2D eigenvalue weighted by molar-refractivity contribution is -0.135. The lowest BCUT2D eigenvalue weighted by atomic mass is 9.90. The standard InChI is InChI=1S/C15H17FN2O4/c16-11-3-1-2-10(8-11)12(19)9-18-13(20)15(17-14(18)21)4-6-22-7-5-15/h1-3,8,12,19H,4-7,9H2,(H,17,21)/t12-/m1/s1. The summed E-state index contributed by atoms with van der Waals surface area (Å²) in [7, 11) is 0. The molecule has 2 fully saturated rings. The van der Waals surface area contributed by atoms with Crippen molar-refractivity contribution in [2.45, 2.75) is 24.5 Å². The fourth-order valence-corrected chi connectivity index (χ4v) is 2.89. The Bertz CT molecular complexity index is 601. The zero-order chi connectivity index (χ0) is 15.7. The van der Waals surface area contributed by atoms with Crippen molar-refractivity contribution in [3.8, 4) is 0 Å². The maximum absolute atomic E-state index is 13.2. The largest absolute Gasteiger partial charge is 0.387 e. The molecule has 1 atom stereocenters. The topological polar surface area (TPSA) is 78.9 Å². The first-order chi connectivity index (χ1) is 10.5. The number of hydrogen-bond donors (Lipinski definition) is 2. The number of halogens is 1. The monoisotopic (exact) mass is 308 g/mol. The third-order valence-corrected chi connectivity index (χ3v) is 4.18. The van der Waals surface area contributed by atoms with E-state index in [4.69, 9.17) is 4.74 Å². The van der Waals surface area contributed by atoms with Gasteiger partial charge in [-0.15, -0.1) is 0 Å². The number of hydrogen-bond acceptors (Lipinski definition) is 4. The summed E-state index contributed by atoms with van der Waals surface area (Å²) in [5, 5.41) is 12.9. The number of benzene rings is 1. The predicted molar refractivity (Wildman–Crippen MR) is 74.4 cm³/mol. The second kappa shape index (κ2) is 5.66. The minimum Gasteiger partial charge on any atom is -0.387 e. The molecule has 1 spiro atoms. The molecule has 118 valence electrons. The van der Waals surface area contributed by atoms with Gasteiger partial charge in [-0.05, 0) is 17.7 Å². The Morgan fingerprint density at radius 2 is 2.09 bits per heavy atom. The van der Waals surface area contributed by atoms with Crippen LogP contribution in [0.15, 0.2) is 24.3 Å². The van der Waals surface area contributed by atoms with Gasteiger partial charge >= 0.3 is 6.03 Å². The zero-order valence-corrected chi connectivity index (χ0v) is 11.9. The highest BCUT2D eigenvalue weighted by Crippen LogP contribution is 2.29. The normalized spacial score (nSPS) is 22.0. The van der Waals surface area contributed by atoms with Gasteiger partial charge in [0, 0.05) is 26.1 Å². The smallest absolute Gasteiger partial charge is 0.325 e. The lowest BCUT2D eigenvalue weighted by Crippen LogP contribution is -2.51. The second-order valence-corrected chi connectivity index (χ2v) is 5.61. The molecule has 2 heterocycles. The van der Waals surface area contributed by atoms with E-state index in [1.165, 1.54) is 18.2 Å². The van der Waals surface area contributed by atoms with Crippen LogP contribution in [0, 0.1) is 5.82 Å². The van der Waals surface area contributed by atoms with Crippen LogP contribution in [0.1, 0.15) is 24.5 Å². The zero-order valence-electron chi connectivity index (χ0n) is 11.9. The molecule has 2 saturated heterocycles. The van der Waals surface area contributed by atoms with E-state index in [1.54, 1.807) is 6.07 Å². The van der Waals surface area contributed by atoms with Gasteiger partial charge in [-0.3, -0.25) is 9.69 Å². The Morgan fingerprint density at radius 3 is 2.77 bits per heavy atom. The second-order valence-electron chi connectivity index (χ2n) is 5.61. The average Bonchev–Trinajstić information content (AvgIpc) is 2.72. The van der Waals surface area contributed by atoms with Crippen molar-refractivity contribution in [2.75, 3.05) is 19.8 Å². The van der Waals surface area contributed by atoms with Crippen LogP contribution >= 0.6 is 0 Å². The number of amides is 3. The quantitative estimate of drug-likeness (QED) is 0.815. The first-order valence-corrected chi connectivity index (χ1v) is 7.17. The number of β-amino-alcohol motifs (C(OH)–C–C–N with tert-alkyl or cyclic N) is 1. The number of imide groups is 1. The van der Waals surface area contributed by atoms with E-state index in [1.807, 2.05) is 0 Å². The molecule has 0 bridgehead atoms. The molecule has 0 aromatic heterocycles. The maximum Gasteiger partial charge on any atom is 0.325 e. The fraction of sp³-hybridized carbons (Fsp3) is 0.467. The van der Waals surface area contributed by atoms with Crippen molar-refractivity contribution in [3.63, 3.8) is 0 Å². The summed E-state index contributed by atoms with van der Waals surface area (Å²) in [6.45, 7) is 0.620. The maximum atomic E-state index is 13.2. The molecule has 2 aliphatic rings. The van der Waals surface area contributed by atoms with E-state index in [2.05, 4.69) is 5.32 Å². The lowest BCUT2D eigenvalue weighted by Gasteiger charge is -2.30. The van der Waals surface area contributed by atoms with Crippen molar-refractivity contribution in [1.29, 1.82) is 0 Å². The van der Waals surface area contributed by atoms with E-state index in [-0.39, 0.29) is 12.5 Å². The first kappa shape index (κ1) is 14.9. The van der Waals surface area contributed by atoms with Crippen molar-refractivity contribution in [3.05, 3.63) is 35.6 Å². The van der Waals surface area contributed by atoms with E-state index in [0.29, 0.717) is 31.6 Å². The minimum absolute atomic E-state index is 0.198. The van der Waals surface area contributed by atoms with Crippen LogP contribution in [0.2, 0.25) is 0 Å². The molecular weight excluding hydrogens is 291 g/mol. The van der Waals surface area contributed by atoms with Gasteiger partial charge in [0.1, 0.15) is 11.4 Å². The minimum atomic E-state index is -1.12. The van der Waals surface area contributed by atoms with Crippen LogP contribution in [0.4, 0.5) is 9.18 Å². The Balaban J connectivity index is 1.75. The van der Waals surface area contributed by atoms with E-state index < -0.39 is 23.5 Å². The number of nitrogens with one attached hydrogen (secondary N) is 1. The summed E-state index contributed by atoms with van der Waals surface area (Å²) >= 11 is 0. The molecule has 3 rings (SSSR count). The number of carbonyl (C=O) groups is 2. The summed E-state index contributed by atoms with van der Waals surface area (Å²) in [5.41, 5.74) is -0.592. The average molecular weight is 308 g/mol. The molecule has 0 radical (unpaired) electrons. The molecule has 3 amide bonds. The van der Waals surface area contributed by atoms with Gasteiger partial charge in [0.05, 0.1) is 12.6 Å². The molecule has 0 unspecified atom stereocenters. The van der Waals surface area contributed by atoms with Crippen molar-refractivity contribution in [1.82, 2.24) is 10.2 Å². The van der Waals surface area contributed by atoms with Crippen LogP contribution in [0.5, 0.6) is 0 Å². The predicted octanol–water partition coefficient (Wildman–Crippen LogP) is 0.960. The number of aliphatic hydroxyl groups excluding tert-OH is 1. The molecule has 2 aliphatic heterocycles. The number of ether oxygens (including phenoxy) is 1. The highest BCUT2D eigenvalue weighted by atomic mass is 19.1. The Morgan fingerprint density at radius 1 is 1.36 bits per heavy atom. The van der Waals surface area contributed by atoms with E-state index >= 15 is 0 Å². The summed E-state index contributed by atoms with van der Waals surface area (Å²) in [5.74, 6) is -0.828. The molecule has 0 aliphatic carbocycles. The highest BCUT2D eigenvalue weighted by molar-refractivity contribution is 6.07. The number of aliphatic hydroxyl groups is 1. The Kier molecular flexibility index (Phi) is 3.84. The van der Waals surface area contributed by atoms with Crippen LogP contribution < -0.4 is 5.32 Å². The summed E-state index contributed by atoms with van der Waals surface area (Å²) < 4.78 is 18.4. The first-order valence-electron chi connectivity index (χ1n) is 7.17. The highest BCUT2D eigenvalue weighted by Gasteiger charge is 2.51. The summed E-state index contributed by atoms with van der Waals surface area (Å²) in [6.07, 6.45) is -0.283. The third kappa shape index (κ3) is 2.57. The van der Waals surface area contributed by atoms with Gasteiger partial charge in [-0.25, -0.2) is 9.18 Å². The Labute approximate surface area is 126 Å². The van der Waals surface area contributed by atoms with Crippen molar-refractivity contribution >= 4 is 11.9 Å². The van der Waals surface area contributed by atoms with Gasteiger partial charge in [0.15, 0.2) is 0 Å². The van der Waals surface area contributed by atoms with Crippen LogP contribution in [0.3, 0.4) is 0 Å². The van der Waals surface area contributed by atoms with Gasteiger partial charge in [-0.1, -0.05) is 12.1 Å². The summed E-state index contributed by atoms with van der Waals surface area (Å²) in [6, 6.07) is 4.95. The molecule has 2 N–H and O–H groups in total. The van der Waals surface area contributed by atoms with E-state index in [9.17, 15) is 19.1 Å². The molecule has 22 heavy (non-hydrogen) atoms. The molecule has 1 aromatic carbocycles. The van der Waals surface area contributed by atoms with Gasteiger partial charge in [0.2, 0.25) is 0 Å². The number of rotatable bonds is 3. The Hall–Kier alpha value is -1.99. The fourth-order valence-electron chi connectivity index (χ4n) is 2.89. The molecule has 0 saturated carbocycles. The van der Waals surface area contributed by atoms with Gasteiger partial charge < -0.3 is 15.2 Å². The van der Waals surface area contributed by atoms with Crippen molar-refractivity contribution in [2.24, 2.45) is 0 Å². The molecule has 6 nitrogen and oxygen atoms in total. The SMILES string of the molecule is O=C1NC2(CCOCC2)C(=O)N1C[C@@H](O)c1cccc(F)c1. The number of nitrogens with zero attached hydrogens (tertiary/aromatic N) is 1. The van der Waals surface area contributed by atoms with Crippen LogP contribution in [-0.2, 0) is 9.53 Å². The van der Waals surface area contributed by atoms with Crippen molar-refractivity contribution < 1.29 is 23.8 Å². The third-order valence-electron chi connectivity index (χ3n) is 4.18. The number of carbonyl (C=O) groups excluding carboxylic acids is 2. The number of urea groups is 1. The van der Waals surface area contributed by atoms with E-state index in [0.717, 1.165) is 4.90 Å². The molecule has 1 aromatic rings.